The molecule has 13 atom stereocenters. The minimum Gasteiger partial charge on any atom is -0.462 e. The van der Waals surface area contributed by atoms with Crippen LogP contribution in [0, 0.1) is 46.3 Å². The van der Waals surface area contributed by atoms with Crippen molar-refractivity contribution in [3.05, 3.63) is 11.6 Å². The van der Waals surface area contributed by atoms with Gasteiger partial charge in [-0.3, -0.25) is 19.2 Å². The number of carbonyl (C=O) groups is 4. The summed E-state index contributed by atoms with van der Waals surface area (Å²) in [5.41, 5.74) is 7.87. The normalized spacial score (nSPS) is 28.9. The van der Waals surface area contributed by atoms with Crippen molar-refractivity contribution < 1.29 is 53.2 Å². The van der Waals surface area contributed by atoms with E-state index in [2.05, 4.69) is 56.6 Å². The number of carbonyl (C=O) groups excluding carboxylic acids is 4. The molecule has 0 spiro atoms. The van der Waals surface area contributed by atoms with Crippen LogP contribution in [0.4, 0.5) is 0 Å². The van der Waals surface area contributed by atoms with Crippen molar-refractivity contribution in [1.82, 2.24) is 25.8 Å². The van der Waals surface area contributed by atoms with Gasteiger partial charge >= 0.3 is 14.2 Å². The number of aliphatic hydroxyl groups excluding tert-OH is 3. The average molecular weight is 1190 g/mol. The first kappa shape index (κ1) is 71.2. The highest BCUT2D eigenvalue weighted by Crippen LogP contribution is 2.67. The lowest BCUT2D eigenvalue weighted by molar-refractivity contribution is -0.151. The van der Waals surface area contributed by atoms with Crippen molar-refractivity contribution >= 4 is 31.9 Å². The minimum absolute atomic E-state index is 0.0134. The number of nitrogens with one attached hydrogen (secondary N) is 3. The van der Waals surface area contributed by atoms with Gasteiger partial charge in [0, 0.05) is 62.7 Å². The molecule has 18 heteroatoms. The van der Waals surface area contributed by atoms with Crippen LogP contribution in [0.3, 0.4) is 0 Å². The highest BCUT2D eigenvalue weighted by molar-refractivity contribution is 7.32. The maximum Gasteiger partial charge on any atom is 0.695 e. The van der Waals surface area contributed by atoms with Gasteiger partial charge < -0.3 is 51.5 Å². The van der Waals surface area contributed by atoms with Gasteiger partial charge in [0.15, 0.2) is 0 Å². The van der Waals surface area contributed by atoms with Gasteiger partial charge in [0.1, 0.15) is 12.2 Å². The third-order valence-corrected chi connectivity index (χ3v) is 21.1. The summed E-state index contributed by atoms with van der Waals surface area (Å²) in [5, 5.41) is 38.5. The van der Waals surface area contributed by atoms with Crippen molar-refractivity contribution in [3.63, 3.8) is 0 Å². The quantitative estimate of drug-likeness (QED) is 0.0124. The maximum atomic E-state index is 12.8. The first-order valence-corrected chi connectivity index (χ1v) is 34.7. The second-order valence-electron chi connectivity index (χ2n) is 27.1. The van der Waals surface area contributed by atoms with Gasteiger partial charge in [-0.25, -0.2) is 0 Å². The van der Waals surface area contributed by atoms with Crippen LogP contribution in [-0.2, 0) is 33.0 Å². The summed E-state index contributed by atoms with van der Waals surface area (Å²) in [5.74, 6) is 4.94. The monoisotopic (exact) mass is 1190 g/mol. The SMILES string of the molecule is CC(C)CCC[C@@H](C)[C@H]1CCC2C3CC=C4C[C@@H](OC(=O)CCCCCCC(=O)N5C[C@H](O)C[C@H]5CO)CC[C@]4(C)C3CC[C@@]21C.NCCCCCCCCNCCCNCCC(=O)NCCCCCC(=O)N1C[C@H](O[P+](=O)O)C[C@H]1CO. The van der Waals surface area contributed by atoms with Crippen molar-refractivity contribution in [2.24, 2.45) is 52.1 Å². The van der Waals surface area contributed by atoms with Gasteiger partial charge in [-0.15, -0.1) is 9.42 Å². The molecule has 3 amide bonds. The zero-order valence-corrected chi connectivity index (χ0v) is 53.4. The van der Waals surface area contributed by atoms with Gasteiger partial charge in [0.25, 0.3) is 0 Å². The van der Waals surface area contributed by atoms with Crippen LogP contribution >= 0.6 is 8.25 Å². The Hall–Kier alpha value is -2.60. The predicted octanol–water partition coefficient (Wildman–Crippen LogP) is 9.78. The van der Waals surface area contributed by atoms with Gasteiger partial charge in [-0.2, -0.15) is 0 Å². The van der Waals surface area contributed by atoms with E-state index < -0.39 is 20.5 Å². The molecule has 9 N–H and O–H groups in total. The number of allylic oxidation sites excluding steroid dienone is 1. The molecule has 6 rings (SSSR count). The molecule has 0 aromatic carbocycles. The Labute approximate surface area is 502 Å². The number of fused-ring (bicyclic) bond motifs is 5. The fourth-order valence-corrected chi connectivity index (χ4v) is 16.3. The molecule has 5 fully saturated rings. The van der Waals surface area contributed by atoms with Crippen LogP contribution in [0.1, 0.15) is 234 Å². The maximum absolute atomic E-state index is 12.8. The first-order valence-electron chi connectivity index (χ1n) is 33.5. The Kier molecular flexibility index (Phi) is 32.5. The van der Waals surface area contributed by atoms with E-state index >= 15 is 0 Å². The van der Waals surface area contributed by atoms with Gasteiger partial charge in [0.2, 0.25) is 17.7 Å². The van der Waals surface area contributed by atoms with Crippen molar-refractivity contribution in [2.75, 3.05) is 65.6 Å². The van der Waals surface area contributed by atoms with Gasteiger partial charge in [-0.1, -0.05) is 110 Å². The standard InChI is InChI=1S/C40H67NO5.C25H50N5O6P/c1-27(2)11-10-12-28(3)34-17-18-35-33-16-15-29-23-32(19-21-39(29,4)36(33)20-22-40(34,35)5)46-38(45)14-9-7-6-8-13-37(44)41-25-31(43)24-30(41)26-42;26-13-7-3-1-2-4-8-14-27-15-10-16-28-18-12-24(32)29-17-9-5-6-11-25(33)30-20-23(36-37(34)35)19-22(30)21-31/h15,27-28,30-36,42-43H,6-14,16-26H2,1-5H3;22-23,27-28,31H,1-21,26H2,(H-,29,32,34,35)/p+1/t28-,30+,31-,32+,33?,34-,35?,36?,39+,40-;22-,23+/m10/s1. The number of aliphatic hydroxyl groups is 3. The summed E-state index contributed by atoms with van der Waals surface area (Å²) in [6.07, 6.45) is 32.3. The van der Waals surface area contributed by atoms with Crippen LogP contribution in [0.5, 0.6) is 0 Å². The summed E-state index contributed by atoms with van der Waals surface area (Å²) in [7, 11) is -2.72. The predicted molar refractivity (Wildman–Crippen MR) is 329 cm³/mol. The summed E-state index contributed by atoms with van der Waals surface area (Å²) < 4.78 is 21.8. The number of esters is 1. The van der Waals surface area contributed by atoms with Crippen LogP contribution in [0.15, 0.2) is 11.6 Å². The topological polar surface area (TPSA) is 253 Å². The number of hydrogen-bond donors (Lipinski definition) is 8. The molecular weight excluding hydrogens is 1070 g/mol. The Morgan fingerprint density at radius 1 is 0.687 bits per heavy atom. The van der Waals surface area contributed by atoms with Crippen molar-refractivity contribution in [2.45, 2.75) is 264 Å². The summed E-state index contributed by atoms with van der Waals surface area (Å²) in [6, 6.07) is -0.624. The molecule has 83 heavy (non-hydrogen) atoms. The number of nitrogens with zero attached hydrogens (tertiary/aromatic N) is 2. The van der Waals surface area contributed by atoms with Crippen LogP contribution in [0.2, 0.25) is 0 Å². The largest absolute Gasteiger partial charge is 0.695 e. The lowest BCUT2D eigenvalue weighted by Crippen LogP contribution is -2.51. The lowest BCUT2D eigenvalue weighted by Gasteiger charge is -2.58. The molecule has 0 bridgehead atoms. The van der Waals surface area contributed by atoms with Crippen LogP contribution < -0.4 is 21.7 Å². The van der Waals surface area contributed by atoms with E-state index in [0.29, 0.717) is 70.0 Å². The van der Waals surface area contributed by atoms with Crippen molar-refractivity contribution in [3.8, 4) is 0 Å². The molecule has 0 aromatic heterocycles. The molecule has 3 saturated carbocycles. The number of β-amino-alcohol motifs (C(OH)–C–C–N with tert-alkyl or cyclic N) is 1. The van der Waals surface area contributed by atoms with Crippen LogP contribution in [-0.4, -0.2) is 150 Å². The molecule has 6 aliphatic rings. The molecule has 17 nitrogen and oxygen atoms in total. The Morgan fingerprint density at radius 2 is 1.30 bits per heavy atom. The molecule has 2 heterocycles. The first-order chi connectivity index (χ1) is 39.9. The Bertz CT molecular complexity index is 1970. The lowest BCUT2D eigenvalue weighted by atomic mass is 9.47. The molecule has 4 unspecified atom stereocenters. The third kappa shape index (κ3) is 23.1. The Morgan fingerprint density at radius 3 is 1.99 bits per heavy atom. The molecule has 478 valence electrons. The zero-order chi connectivity index (χ0) is 60.2. The van der Waals surface area contributed by atoms with E-state index in [1.807, 2.05) is 0 Å². The van der Waals surface area contributed by atoms with Gasteiger partial charge in [0.05, 0.1) is 37.9 Å². The van der Waals surface area contributed by atoms with E-state index in [0.717, 1.165) is 132 Å². The fraction of sp³-hybridized carbons (Fsp3) is 0.908. The number of likely N-dealkylation sites (tertiary alicyclic amines) is 2. The second kappa shape index (κ2) is 38.0. The molecular formula is C65H118N6O11P+. The van der Waals surface area contributed by atoms with E-state index in [1.54, 1.807) is 15.4 Å². The molecule has 0 radical (unpaired) electrons. The van der Waals surface area contributed by atoms with E-state index in [9.17, 15) is 39.1 Å². The van der Waals surface area contributed by atoms with Crippen molar-refractivity contribution in [1.29, 1.82) is 0 Å². The number of rotatable bonds is 38. The molecule has 0 aromatic rings. The number of hydrogen-bond acceptors (Lipinski definition) is 13. The van der Waals surface area contributed by atoms with E-state index in [4.69, 9.17) is 19.9 Å². The summed E-state index contributed by atoms with van der Waals surface area (Å²) in [6.45, 7) is 17.8. The summed E-state index contributed by atoms with van der Waals surface area (Å²) in [4.78, 5) is 61.7. The fourth-order valence-electron chi connectivity index (χ4n) is 15.9. The van der Waals surface area contributed by atoms with Crippen LogP contribution in [0.25, 0.3) is 0 Å². The number of unbranched alkanes of at least 4 members (excludes halogenated alkanes) is 10. The molecule has 4 aliphatic carbocycles. The smallest absolute Gasteiger partial charge is 0.462 e. The number of amides is 3. The van der Waals surface area contributed by atoms with Gasteiger partial charge in [-0.05, 0) is 169 Å². The zero-order valence-electron chi connectivity index (χ0n) is 52.5. The number of ether oxygens (including phenoxy) is 1. The summed E-state index contributed by atoms with van der Waals surface area (Å²) >= 11 is 0. The molecule has 2 aliphatic heterocycles. The highest BCUT2D eigenvalue weighted by atomic mass is 31.1. The average Bonchev–Trinajstić information content (AvgIpc) is 3.01. The van der Waals surface area contributed by atoms with E-state index in [1.165, 1.54) is 83.5 Å². The Balaban J connectivity index is 0.000000313. The molecule has 2 saturated heterocycles. The highest BCUT2D eigenvalue weighted by Gasteiger charge is 2.59. The van der Waals surface area contributed by atoms with E-state index in [-0.39, 0.29) is 67.1 Å². The number of nitrogens with two attached hydrogens (primary N) is 1. The second-order valence-corrected chi connectivity index (χ2v) is 27.8. The third-order valence-electron chi connectivity index (χ3n) is 20.6. The minimum atomic E-state index is -2.72.